The Morgan fingerprint density at radius 2 is 1.93 bits per heavy atom. The van der Waals surface area contributed by atoms with Gasteiger partial charge >= 0.3 is 0 Å². The molecule has 1 aromatic heterocycles. The summed E-state index contributed by atoms with van der Waals surface area (Å²) in [6.07, 6.45) is 10.8. The van der Waals surface area contributed by atoms with E-state index >= 15 is 0 Å². The van der Waals surface area contributed by atoms with Crippen LogP contribution in [0.5, 0.6) is 0 Å². The van der Waals surface area contributed by atoms with Crippen molar-refractivity contribution >= 4 is 17.6 Å². The highest BCUT2D eigenvalue weighted by molar-refractivity contribution is 5.79. The van der Waals surface area contributed by atoms with E-state index in [9.17, 15) is 4.39 Å². The average Bonchev–Trinajstić information content (AvgIpc) is 3.06. The minimum absolute atomic E-state index is 0.222. The number of benzene rings is 1. The van der Waals surface area contributed by atoms with E-state index in [0.717, 1.165) is 40.6 Å². The third-order valence-electron chi connectivity index (χ3n) is 5.75. The molecule has 3 rings (SSSR count). The van der Waals surface area contributed by atoms with Crippen LogP contribution in [0.3, 0.4) is 0 Å². The molecule has 1 aliphatic rings. The topological polar surface area (TPSA) is 28.1 Å². The van der Waals surface area contributed by atoms with Crippen molar-refractivity contribution in [3.05, 3.63) is 48.3 Å². The SMILES string of the molecule is C=C(CC1CCCCC(C)CC1)c1cc(-c2ccc(F)cc2)[nH]c1N=CC. The molecule has 1 aliphatic carbocycles. The lowest BCUT2D eigenvalue weighted by Crippen LogP contribution is -2.08. The van der Waals surface area contributed by atoms with Crippen molar-refractivity contribution in [3.8, 4) is 11.3 Å². The molecule has 144 valence electrons. The number of nitrogens with zero attached hydrogens (tertiary/aromatic N) is 1. The lowest BCUT2D eigenvalue weighted by molar-refractivity contribution is 0.330. The maximum absolute atomic E-state index is 13.2. The highest BCUT2D eigenvalue weighted by Crippen LogP contribution is 2.37. The number of H-pyrrole nitrogens is 1. The van der Waals surface area contributed by atoms with Gasteiger partial charge in [0.25, 0.3) is 0 Å². The highest BCUT2D eigenvalue weighted by atomic mass is 19.1. The second kappa shape index (κ2) is 9.16. The molecular formula is C24H31FN2. The second-order valence-electron chi connectivity index (χ2n) is 7.98. The zero-order chi connectivity index (χ0) is 19.2. The van der Waals surface area contributed by atoms with Crippen molar-refractivity contribution in [2.75, 3.05) is 0 Å². The third kappa shape index (κ3) is 5.18. The van der Waals surface area contributed by atoms with Crippen LogP contribution >= 0.6 is 0 Å². The van der Waals surface area contributed by atoms with Crippen molar-refractivity contribution in [1.82, 2.24) is 4.98 Å². The van der Waals surface area contributed by atoms with Gasteiger partial charge in [0, 0.05) is 17.5 Å². The van der Waals surface area contributed by atoms with Gasteiger partial charge in [-0.15, -0.1) is 0 Å². The van der Waals surface area contributed by atoms with E-state index in [-0.39, 0.29) is 5.82 Å². The predicted octanol–water partition coefficient (Wildman–Crippen LogP) is 7.55. The molecular weight excluding hydrogens is 335 g/mol. The molecule has 0 bridgehead atoms. The Morgan fingerprint density at radius 1 is 1.19 bits per heavy atom. The molecule has 3 heteroatoms. The van der Waals surface area contributed by atoms with Crippen molar-refractivity contribution < 1.29 is 4.39 Å². The van der Waals surface area contributed by atoms with Gasteiger partial charge in [-0.1, -0.05) is 45.6 Å². The molecule has 0 aliphatic heterocycles. The van der Waals surface area contributed by atoms with E-state index in [1.54, 1.807) is 18.3 Å². The van der Waals surface area contributed by atoms with Crippen LogP contribution < -0.4 is 0 Å². The van der Waals surface area contributed by atoms with Crippen LogP contribution in [-0.4, -0.2) is 11.2 Å². The fraction of sp³-hybridized carbons (Fsp3) is 0.458. The number of nitrogens with one attached hydrogen (secondary N) is 1. The minimum Gasteiger partial charge on any atom is -0.339 e. The number of rotatable bonds is 5. The monoisotopic (exact) mass is 366 g/mol. The average molecular weight is 367 g/mol. The van der Waals surface area contributed by atoms with Gasteiger partial charge in [-0.05, 0) is 73.1 Å². The molecule has 1 fully saturated rings. The molecule has 1 aromatic carbocycles. The number of aromatic amines is 1. The van der Waals surface area contributed by atoms with Crippen LogP contribution in [0, 0.1) is 17.7 Å². The number of aliphatic imine (C=N–C) groups is 1. The van der Waals surface area contributed by atoms with Gasteiger partial charge in [0.05, 0.1) is 0 Å². The molecule has 0 radical (unpaired) electrons. The van der Waals surface area contributed by atoms with Gasteiger partial charge in [0.1, 0.15) is 11.6 Å². The third-order valence-corrected chi connectivity index (χ3v) is 5.75. The quantitative estimate of drug-likeness (QED) is 0.529. The van der Waals surface area contributed by atoms with Gasteiger partial charge in [0.15, 0.2) is 0 Å². The first-order chi connectivity index (χ1) is 13.1. The first-order valence-corrected chi connectivity index (χ1v) is 10.2. The summed E-state index contributed by atoms with van der Waals surface area (Å²) in [4.78, 5) is 7.90. The number of allylic oxidation sites excluding steroid dienone is 1. The van der Waals surface area contributed by atoms with Crippen LogP contribution in [0.15, 0.2) is 41.9 Å². The number of aromatic nitrogens is 1. The second-order valence-corrected chi connectivity index (χ2v) is 7.98. The first-order valence-electron chi connectivity index (χ1n) is 10.2. The molecule has 0 spiro atoms. The fourth-order valence-corrected chi connectivity index (χ4v) is 4.13. The Balaban J connectivity index is 1.79. The van der Waals surface area contributed by atoms with Crippen molar-refractivity contribution in [2.24, 2.45) is 16.8 Å². The van der Waals surface area contributed by atoms with E-state index in [0.29, 0.717) is 5.92 Å². The van der Waals surface area contributed by atoms with Crippen LogP contribution in [-0.2, 0) is 0 Å². The number of halogens is 1. The molecule has 1 N–H and O–H groups in total. The normalized spacial score (nSPS) is 21.1. The van der Waals surface area contributed by atoms with E-state index in [1.807, 2.05) is 6.92 Å². The zero-order valence-corrected chi connectivity index (χ0v) is 16.6. The molecule has 0 amide bonds. The largest absolute Gasteiger partial charge is 0.339 e. The van der Waals surface area contributed by atoms with Crippen molar-refractivity contribution in [1.29, 1.82) is 0 Å². The molecule has 1 heterocycles. The van der Waals surface area contributed by atoms with Crippen LogP contribution in [0.4, 0.5) is 10.2 Å². The van der Waals surface area contributed by atoms with Crippen LogP contribution in [0.1, 0.15) is 64.4 Å². The summed E-state index contributed by atoms with van der Waals surface area (Å²) in [5, 5.41) is 0. The molecule has 1 saturated carbocycles. The van der Waals surface area contributed by atoms with Gasteiger partial charge in [-0.2, -0.15) is 0 Å². The van der Waals surface area contributed by atoms with E-state index < -0.39 is 0 Å². The summed E-state index contributed by atoms with van der Waals surface area (Å²) in [6, 6.07) is 8.68. The molecule has 2 unspecified atom stereocenters. The summed E-state index contributed by atoms with van der Waals surface area (Å²) in [5.41, 5.74) is 4.15. The summed E-state index contributed by atoms with van der Waals surface area (Å²) in [6.45, 7) is 8.70. The standard InChI is InChI=1S/C24H31FN2/c1-4-26-24-22(16-23(27-24)20-11-13-21(25)14-12-20)18(3)15-19-8-6-5-7-17(2)9-10-19/h4,11-14,16-17,19,27H,3,5-10,15H2,1-2H3. The van der Waals surface area contributed by atoms with Crippen molar-refractivity contribution in [2.45, 2.75) is 58.8 Å². The molecule has 2 nitrogen and oxygen atoms in total. The van der Waals surface area contributed by atoms with Gasteiger partial charge in [-0.25, -0.2) is 9.38 Å². The summed E-state index contributed by atoms with van der Waals surface area (Å²) >= 11 is 0. The molecule has 0 saturated heterocycles. The summed E-state index contributed by atoms with van der Waals surface area (Å²) in [5.74, 6) is 2.18. The van der Waals surface area contributed by atoms with Crippen LogP contribution in [0.2, 0.25) is 0 Å². The predicted molar refractivity (Wildman–Crippen MR) is 114 cm³/mol. The number of hydrogen-bond acceptors (Lipinski definition) is 1. The van der Waals surface area contributed by atoms with Crippen LogP contribution in [0.25, 0.3) is 16.8 Å². The molecule has 2 atom stereocenters. The Morgan fingerprint density at radius 3 is 2.67 bits per heavy atom. The molecule has 2 aromatic rings. The number of hydrogen-bond donors (Lipinski definition) is 1. The Bertz CT molecular complexity index is 785. The Labute approximate surface area is 162 Å². The Kier molecular flexibility index (Phi) is 6.65. The van der Waals surface area contributed by atoms with Crippen molar-refractivity contribution in [3.63, 3.8) is 0 Å². The van der Waals surface area contributed by atoms with Gasteiger partial charge in [-0.3, -0.25) is 0 Å². The summed E-state index contributed by atoms with van der Waals surface area (Å²) in [7, 11) is 0. The highest BCUT2D eigenvalue weighted by Gasteiger charge is 2.19. The van der Waals surface area contributed by atoms with E-state index in [1.165, 1.54) is 50.7 Å². The smallest absolute Gasteiger partial charge is 0.137 e. The molecule has 27 heavy (non-hydrogen) atoms. The lowest BCUT2D eigenvalue weighted by Gasteiger charge is -2.23. The maximum atomic E-state index is 13.2. The fourth-order valence-electron chi connectivity index (χ4n) is 4.13. The Hall–Kier alpha value is -2.16. The minimum atomic E-state index is -0.222. The van der Waals surface area contributed by atoms with Gasteiger partial charge < -0.3 is 4.98 Å². The van der Waals surface area contributed by atoms with Gasteiger partial charge in [0.2, 0.25) is 0 Å². The zero-order valence-electron chi connectivity index (χ0n) is 16.6. The maximum Gasteiger partial charge on any atom is 0.137 e. The summed E-state index contributed by atoms with van der Waals surface area (Å²) < 4.78 is 13.2. The lowest BCUT2D eigenvalue weighted by atomic mass is 9.82. The first kappa shape index (κ1) is 19.6. The van der Waals surface area contributed by atoms with E-state index in [2.05, 4.69) is 29.5 Å². The van der Waals surface area contributed by atoms with E-state index in [4.69, 9.17) is 0 Å².